The molecule has 0 radical (unpaired) electrons. The third-order valence-electron chi connectivity index (χ3n) is 1.09. The number of aliphatic hydroxyl groups excluding tert-OH is 1. The lowest BCUT2D eigenvalue weighted by Gasteiger charge is -1.91. The second-order valence-electron chi connectivity index (χ2n) is 1.86. The van der Waals surface area contributed by atoms with E-state index < -0.39 is 17.1 Å². The summed E-state index contributed by atoms with van der Waals surface area (Å²) in [4.78, 5) is 35.6. The fraction of sp³-hybridized carbons (Fsp3) is 0. The van der Waals surface area contributed by atoms with Gasteiger partial charge in [0, 0.05) is 0 Å². The Morgan fingerprint density at radius 3 is 2.08 bits per heavy atom. The Morgan fingerprint density at radius 2 is 1.67 bits per heavy atom. The number of nitrogens with one attached hydrogen (secondary N) is 2. The number of H-pyrrole nitrogens is 2. The maximum atomic E-state index is 10.8. The first-order chi connectivity index (χ1) is 5.65. The average Bonchev–Trinajstić information content (AvgIpc) is 1.96. The first kappa shape index (κ1) is 8.05. The van der Waals surface area contributed by atoms with Crippen molar-refractivity contribution in [3.05, 3.63) is 37.7 Å². The Labute approximate surface area is 64.6 Å². The number of hydrogen-bond donors (Lipinski definition) is 3. The SMILES string of the molecule is O=c1[nH]c(=O)n(C=CO)c(=O)[nH]1. The van der Waals surface area contributed by atoms with Crippen LogP contribution in [0.15, 0.2) is 20.6 Å². The molecule has 0 spiro atoms. The van der Waals surface area contributed by atoms with Gasteiger partial charge in [0.2, 0.25) is 0 Å². The molecule has 1 rings (SSSR count). The zero-order valence-corrected chi connectivity index (χ0v) is 5.77. The van der Waals surface area contributed by atoms with Crippen molar-refractivity contribution in [3.63, 3.8) is 0 Å². The van der Waals surface area contributed by atoms with Crippen molar-refractivity contribution in [1.82, 2.24) is 14.5 Å². The minimum atomic E-state index is -0.908. The zero-order valence-electron chi connectivity index (χ0n) is 5.77. The monoisotopic (exact) mass is 171 g/mol. The number of aromatic nitrogens is 3. The molecule has 0 atom stereocenters. The van der Waals surface area contributed by atoms with Gasteiger partial charge < -0.3 is 5.11 Å². The number of nitrogens with zero attached hydrogens (tertiary/aromatic N) is 1. The molecule has 64 valence electrons. The number of rotatable bonds is 1. The highest BCUT2D eigenvalue weighted by atomic mass is 16.2. The molecule has 0 unspecified atom stereocenters. The molecular weight excluding hydrogens is 166 g/mol. The summed E-state index contributed by atoms with van der Waals surface area (Å²) in [5.74, 6) is 0. The van der Waals surface area contributed by atoms with Crippen LogP contribution in [0.5, 0.6) is 0 Å². The van der Waals surface area contributed by atoms with Crippen LogP contribution in [0.4, 0.5) is 0 Å². The molecule has 0 aliphatic heterocycles. The molecule has 0 fully saturated rings. The molecular formula is C5H5N3O4. The van der Waals surface area contributed by atoms with Crippen LogP contribution in [0.25, 0.3) is 6.20 Å². The molecule has 0 aromatic carbocycles. The van der Waals surface area contributed by atoms with Gasteiger partial charge in [-0.2, -0.15) is 0 Å². The summed E-state index contributed by atoms with van der Waals surface area (Å²) in [5, 5.41) is 8.25. The largest absolute Gasteiger partial charge is 0.514 e. The standard InChI is InChI=1S/C5H5N3O4/c9-2-1-8-4(11)6-3(10)7-5(8)12/h1-2,9H,(H2,6,7,10,11,12). The Bertz CT molecular complexity index is 428. The maximum absolute atomic E-state index is 10.8. The smallest absolute Gasteiger partial charge is 0.337 e. The zero-order chi connectivity index (χ0) is 9.14. The lowest BCUT2D eigenvalue weighted by Crippen LogP contribution is -2.40. The van der Waals surface area contributed by atoms with E-state index in [1.807, 2.05) is 0 Å². The van der Waals surface area contributed by atoms with Crippen molar-refractivity contribution in [2.24, 2.45) is 0 Å². The normalized spacial score (nSPS) is 10.7. The van der Waals surface area contributed by atoms with Crippen molar-refractivity contribution < 1.29 is 5.11 Å². The van der Waals surface area contributed by atoms with Crippen LogP contribution in [-0.2, 0) is 0 Å². The number of aromatic amines is 2. The fourth-order valence-corrected chi connectivity index (χ4v) is 0.640. The third-order valence-corrected chi connectivity index (χ3v) is 1.09. The van der Waals surface area contributed by atoms with Gasteiger partial charge in [0.1, 0.15) is 0 Å². The van der Waals surface area contributed by atoms with Crippen molar-refractivity contribution in [1.29, 1.82) is 0 Å². The molecule has 7 nitrogen and oxygen atoms in total. The van der Waals surface area contributed by atoms with E-state index in [2.05, 4.69) is 0 Å². The van der Waals surface area contributed by atoms with Gasteiger partial charge in [-0.05, 0) is 0 Å². The first-order valence-electron chi connectivity index (χ1n) is 2.91. The Hall–Kier alpha value is -2.05. The second kappa shape index (κ2) is 2.91. The molecule has 7 heteroatoms. The summed E-state index contributed by atoms with van der Waals surface area (Å²) in [6.07, 6.45) is 1.33. The fourth-order valence-electron chi connectivity index (χ4n) is 0.640. The van der Waals surface area contributed by atoms with E-state index in [9.17, 15) is 14.4 Å². The predicted molar refractivity (Wildman–Crippen MR) is 39.9 cm³/mol. The molecule has 0 aliphatic carbocycles. The summed E-state index contributed by atoms with van der Waals surface area (Å²) in [6.45, 7) is 0. The van der Waals surface area contributed by atoms with Gasteiger partial charge >= 0.3 is 17.1 Å². The molecule has 0 amide bonds. The first-order valence-corrected chi connectivity index (χ1v) is 2.91. The highest BCUT2D eigenvalue weighted by molar-refractivity contribution is 5.15. The molecule has 12 heavy (non-hydrogen) atoms. The second-order valence-corrected chi connectivity index (χ2v) is 1.86. The predicted octanol–water partition coefficient (Wildman–Crippen LogP) is -1.79. The van der Waals surface area contributed by atoms with E-state index in [-0.39, 0.29) is 0 Å². The topological polar surface area (TPSA) is 108 Å². The van der Waals surface area contributed by atoms with Gasteiger partial charge in [-0.25, -0.2) is 19.0 Å². The van der Waals surface area contributed by atoms with Gasteiger partial charge in [0.05, 0.1) is 12.5 Å². The molecule has 1 aromatic heterocycles. The van der Waals surface area contributed by atoms with E-state index in [0.717, 1.165) is 6.20 Å². The van der Waals surface area contributed by atoms with Crippen LogP contribution in [0.1, 0.15) is 0 Å². The van der Waals surface area contributed by atoms with Crippen molar-refractivity contribution in [2.45, 2.75) is 0 Å². The molecule has 3 N–H and O–H groups in total. The van der Waals surface area contributed by atoms with Crippen LogP contribution in [0.3, 0.4) is 0 Å². The van der Waals surface area contributed by atoms with E-state index in [0.29, 0.717) is 10.8 Å². The van der Waals surface area contributed by atoms with Gasteiger partial charge in [-0.1, -0.05) is 0 Å². The average molecular weight is 171 g/mol. The van der Waals surface area contributed by atoms with Crippen LogP contribution in [0.2, 0.25) is 0 Å². The molecule has 1 heterocycles. The summed E-state index contributed by atoms with van der Waals surface area (Å²) < 4.78 is 0.515. The molecule has 0 aliphatic rings. The minimum absolute atomic E-state index is 0.509. The Morgan fingerprint density at radius 1 is 1.17 bits per heavy atom. The van der Waals surface area contributed by atoms with Crippen LogP contribution < -0.4 is 17.1 Å². The highest BCUT2D eigenvalue weighted by Gasteiger charge is 1.96. The molecule has 0 bridgehead atoms. The van der Waals surface area contributed by atoms with E-state index in [1.54, 1.807) is 9.97 Å². The Kier molecular flexibility index (Phi) is 1.95. The summed E-state index contributed by atoms with van der Waals surface area (Å²) in [5.41, 5.74) is -2.70. The molecule has 1 aromatic rings. The maximum Gasteiger partial charge on any atom is 0.337 e. The summed E-state index contributed by atoms with van der Waals surface area (Å²) in [7, 11) is 0. The molecule has 0 saturated carbocycles. The van der Waals surface area contributed by atoms with Gasteiger partial charge in [0.15, 0.2) is 0 Å². The van der Waals surface area contributed by atoms with Crippen molar-refractivity contribution in [3.8, 4) is 0 Å². The van der Waals surface area contributed by atoms with Crippen LogP contribution >= 0.6 is 0 Å². The summed E-state index contributed by atoms with van der Waals surface area (Å²) >= 11 is 0. The summed E-state index contributed by atoms with van der Waals surface area (Å²) in [6, 6.07) is 0. The highest BCUT2D eigenvalue weighted by Crippen LogP contribution is 1.65. The number of hydrogen-bond acceptors (Lipinski definition) is 4. The van der Waals surface area contributed by atoms with E-state index in [1.165, 1.54) is 0 Å². The lowest BCUT2D eigenvalue weighted by atomic mass is 10.8. The van der Waals surface area contributed by atoms with Gasteiger partial charge in [-0.15, -0.1) is 0 Å². The van der Waals surface area contributed by atoms with Gasteiger partial charge in [-0.3, -0.25) is 9.97 Å². The minimum Gasteiger partial charge on any atom is -0.514 e. The quantitative estimate of drug-likeness (QED) is 0.433. The third kappa shape index (κ3) is 1.34. The van der Waals surface area contributed by atoms with Crippen molar-refractivity contribution >= 4 is 6.20 Å². The van der Waals surface area contributed by atoms with Crippen molar-refractivity contribution in [2.75, 3.05) is 0 Å². The van der Waals surface area contributed by atoms with Crippen LogP contribution in [-0.4, -0.2) is 19.6 Å². The lowest BCUT2D eigenvalue weighted by molar-refractivity contribution is 0.475. The van der Waals surface area contributed by atoms with Gasteiger partial charge in [0.25, 0.3) is 0 Å². The molecule has 0 saturated heterocycles. The Balaban J connectivity index is 3.61. The van der Waals surface area contributed by atoms with E-state index >= 15 is 0 Å². The number of aliphatic hydroxyl groups is 1. The van der Waals surface area contributed by atoms with E-state index in [4.69, 9.17) is 5.11 Å². The van der Waals surface area contributed by atoms with Crippen LogP contribution in [0, 0.1) is 0 Å².